The van der Waals surface area contributed by atoms with E-state index in [1.165, 1.54) is 0 Å². The van der Waals surface area contributed by atoms with E-state index < -0.39 is 0 Å². The van der Waals surface area contributed by atoms with E-state index in [1.807, 2.05) is 12.3 Å². The lowest BCUT2D eigenvalue weighted by Gasteiger charge is -2.05. The van der Waals surface area contributed by atoms with Crippen molar-refractivity contribution in [3.63, 3.8) is 0 Å². The molecule has 0 amide bonds. The first-order valence-corrected chi connectivity index (χ1v) is 5.03. The topological polar surface area (TPSA) is 36.0 Å². The van der Waals surface area contributed by atoms with Crippen LogP contribution in [0.5, 0.6) is 5.75 Å². The van der Waals surface area contributed by atoms with Crippen LogP contribution in [0.2, 0.25) is 0 Å². The molecule has 1 aromatic heterocycles. The average molecular weight is 197 g/mol. The summed E-state index contributed by atoms with van der Waals surface area (Å²) in [4.78, 5) is 3.19. The zero-order valence-corrected chi connectivity index (χ0v) is 8.25. The molecule has 15 heavy (non-hydrogen) atoms. The van der Waals surface area contributed by atoms with Gasteiger partial charge in [-0.25, -0.2) is 0 Å². The van der Waals surface area contributed by atoms with Crippen LogP contribution in [0.25, 0.3) is 10.9 Å². The number of rotatable bonds is 1. The summed E-state index contributed by atoms with van der Waals surface area (Å²) in [6.45, 7) is 0. The number of fused-ring (bicyclic) bond motifs is 1. The fourth-order valence-corrected chi connectivity index (χ4v) is 2.12. The third-order valence-electron chi connectivity index (χ3n) is 3.21. The summed E-state index contributed by atoms with van der Waals surface area (Å²) >= 11 is 0. The zero-order chi connectivity index (χ0) is 10.5. The summed E-state index contributed by atoms with van der Waals surface area (Å²) < 4.78 is 0. The van der Waals surface area contributed by atoms with E-state index in [0.717, 1.165) is 29.3 Å². The third kappa shape index (κ3) is 1.07. The van der Waals surface area contributed by atoms with Crippen LogP contribution >= 0.6 is 0 Å². The van der Waals surface area contributed by atoms with E-state index >= 15 is 0 Å². The van der Waals surface area contributed by atoms with Crippen LogP contribution in [-0.4, -0.2) is 10.1 Å². The first-order chi connectivity index (χ1) is 7.25. The summed E-state index contributed by atoms with van der Waals surface area (Å²) in [6, 6.07) is 5.33. The van der Waals surface area contributed by atoms with Crippen LogP contribution in [-0.2, 0) is 5.41 Å². The van der Waals surface area contributed by atoms with Crippen LogP contribution in [0.1, 0.15) is 18.4 Å². The molecule has 0 unspecified atom stereocenters. The van der Waals surface area contributed by atoms with Crippen molar-refractivity contribution in [3.05, 3.63) is 30.0 Å². The molecule has 0 saturated heterocycles. The first-order valence-electron chi connectivity index (χ1n) is 5.03. The van der Waals surface area contributed by atoms with Gasteiger partial charge < -0.3 is 10.1 Å². The minimum atomic E-state index is -0.0773. The van der Waals surface area contributed by atoms with Crippen LogP contribution in [0.3, 0.4) is 0 Å². The van der Waals surface area contributed by atoms with Crippen molar-refractivity contribution >= 4 is 10.9 Å². The lowest BCUT2D eigenvalue weighted by atomic mass is 9.96. The lowest BCUT2D eigenvalue weighted by Crippen LogP contribution is -2.00. The molecule has 0 spiro atoms. The van der Waals surface area contributed by atoms with Gasteiger partial charge in [-0.1, -0.05) is 5.92 Å². The number of hydrogen-bond acceptors (Lipinski definition) is 1. The second kappa shape index (κ2) is 2.58. The number of aromatic hydroxyl groups is 1. The zero-order valence-electron chi connectivity index (χ0n) is 8.25. The molecule has 0 atom stereocenters. The number of aromatic amines is 1. The number of hydrogen-bond donors (Lipinski definition) is 2. The first kappa shape index (κ1) is 8.43. The standard InChI is InChI=1S/C13H11NO/c1-2-13(5-6-13)11-8-14-12-4-3-9(15)7-10(11)12/h1,3-4,7-8,14-15H,5-6H2. The lowest BCUT2D eigenvalue weighted by molar-refractivity contribution is 0.476. The Bertz CT molecular complexity index is 570. The van der Waals surface area contributed by atoms with Gasteiger partial charge in [0.2, 0.25) is 0 Å². The summed E-state index contributed by atoms with van der Waals surface area (Å²) in [5.74, 6) is 3.15. The molecular weight excluding hydrogens is 186 g/mol. The van der Waals surface area contributed by atoms with Gasteiger partial charge in [0.1, 0.15) is 5.75 Å². The van der Waals surface area contributed by atoms with Crippen LogP contribution in [0.4, 0.5) is 0 Å². The van der Waals surface area contributed by atoms with Crippen molar-refractivity contribution in [1.29, 1.82) is 0 Å². The molecule has 3 rings (SSSR count). The molecule has 1 aliphatic carbocycles. The number of phenols is 1. The molecule has 74 valence electrons. The highest BCUT2D eigenvalue weighted by Crippen LogP contribution is 2.50. The van der Waals surface area contributed by atoms with Gasteiger partial charge in [-0.05, 0) is 36.6 Å². The summed E-state index contributed by atoms with van der Waals surface area (Å²) in [5, 5.41) is 10.5. The van der Waals surface area contributed by atoms with Crippen molar-refractivity contribution < 1.29 is 5.11 Å². The fraction of sp³-hybridized carbons (Fsp3) is 0.231. The molecule has 1 aromatic carbocycles. The van der Waals surface area contributed by atoms with E-state index in [4.69, 9.17) is 6.42 Å². The molecule has 2 N–H and O–H groups in total. The predicted molar refractivity (Wildman–Crippen MR) is 59.7 cm³/mol. The Balaban J connectivity index is 2.29. The molecule has 1 heterocycles. The molecule has 2 heteroatoms. The minimum absolute atomic E-state index is 0.0773. The highest BCUT2D eigenvalue weighted by atomic mass is 16.3. The van der Waals surface area contributed by atoms with E-state index in [0.29, 0.717) is 0 Å². The molecule has 1 aliphatic rings. The maximum atomic E-state index is 9.47. The number of aromatic nitrogens is 1. The van der Waals surface area contributed by atoms with E-state index in [1.54, 1.807) is 12.1 Å². The van der Waals surface area contributed by atoms with Gasteiger partial charge in [0.05, 0.1) is 5.41 Å². The van der Waals surface area contributed by atoms with Crippen molar-refractivity contribution in [2.75, 3.05) is 0 Å². The van der Waals surface area contributed by atoms with Crippen LogP contribution in [0.15, 0.2) is 24.4 Å². The van der Waals surface area contributed by atoms with Gasteiger partial charge in [0.25, 0.3) is 0 Å². The van der Waals surface area contributed by atoms with E-state index in [2.05, 4.69) is 10.9 Å². The number of terminal acetylenes is 1. The van der Waals surface area contributed by atoms with Crippen molar-refractivity contribution in [3.8, 4) is 18.1 Å². The van der Waals surface area contributed by atoms with Crippen LogP contribution in [0, 0.1) is 12.3 Å². The SMILES string of the molecule is C#CC1(c2c[nH]c3ccc(O)cc23)CC1. The molecule has 1 fully saturated rings. The Labute approximate surface area is 87.9 Å². The van der Waals surface area contributed by atoms with E-state index in [-0.39, 0.29) is 11.2 Å². The van der Waals surface area contributed by atoms with Gasteiger partial charge in [0, 0.05) is 17.1 Å². The van der Waals surface area contributed by atoms with Gasteiger partial charge in [-0.3, -0.25) is 0 Å². The summed E-state index contributed by atoms with van der Waals surface area (Å²) in [7, 11) is 0. The van der Waals surface area contributed by atoms with Gasteiger partial charge in [-0.15, -0.1) is 6.42 Å². The number of phenolic OH excluding ortho intramolecular Hbond substituents is 1. The monoisotopic (exact) mass is 197 g/mol. The van der Waals surface area contributed by atoms with Crippen molar-refractivity contribution in [2.45, 2.75) is 18.3 Å². The normalized spacial score (nSPS) is 17.5. The smallest absolute Gasteiger partial charge is 0.116 e. The van der Waals surface area contributed by atoms with Crippen molar-refractivity contribution in [1.82, 2.24) is 4.98 Å². The fourth-order valence-electron chi connectivity index (χ4n) is 2.12. The second-order valence-electron chi connectivity index (χ2n) is 4.16. The number of nitrogens with one attached hydrogen (secondary N) is 1. The number of benzene rings is 1. The van der Waals surface area contributed by atoms with Gasteiger partial charge in [-0.2, -0.15) is 0 Å². The molecule has 0 aliphatic heterocycles. The van der Waals surface area contributed by atoms with Gasteiger partial charge >= 0.3 is 0 Å². The van der Waals surface area contributed by atoms with Crippen molar-refractivity contribution in [2.24, 2.45) is 0 Å². The predicted octanol–water partition coefficient (Wildman–Crippen LogP) is 2.54. The quantitative estimate of drug-likeness (QED) is 0.677. The average Bonchev–Trinajstić information content (AvgIpc) is 2.93. The highest BCUT2D eigenvalue weighted by molar-refractivity contribution is 5.86. The molecule has 1 saturated carbocycles. The van der Waals surface area contributed by atoms with Crippen LogP contribution < -0.4 is 0 Å². The number of H-pyrrole nitrogens is 1. The Hall–Kier alpha value is -1.88. The molecular formula is C13H11NO. The van der Waals surface area contributed by atoms with Gasteiger partial charge in [0.15, 0.2) is 0 Å². The Morgan fingerprint density at radius 3 is 2.87 bits per heavy atom. The Morgan fingerprint density at radius 2 is 2.20 bits per heavy atom. The Kier molecular flexibility index (Phi) is 1.45. The second-order valence-corrected chi connectivity index (χ2v) is 4.16. The Morgan fingerprint density at radius 1 is 1.40 bits per heavy atom. The highest BCUT2D eigenvalue weighted by Gasteiger charge is 2.44. The molecule has 2 aromatic rings. The maximum Gasteiger partial charge on any atom is 0.116 e. The summed E-state index contributed by atoms with van der Waals surface area (Å²) in [6.07, 6.45) is 9.63. The minimum Gasteiger partial charge on any atom is -0.508 e. The molecule has 2 nitrogen and oxygen atoms in total. The summed E-state index contributed by atoms with van der Waals surface area (Å²) in [5.41, 5.74) is 2.10. The molecule has 0 radical (unpaired) electrons. The third-order valence-corrected chi connectivity index (χ3v) is 3.21. The maximum absolute atomic E-state index is 9.47. The van der Waals surface area contributed by atoms with E-state index in [9.17, 15) is 5.11 Å². The molecule has 0 bridgehead atoms. The largest absolute Gasteiger partial charge is 0.508 e.